The predicted octanol–water partition coefficient (Wildman–Crippen LogP) is 3.32. The Morgan fingerprint density at radius 3 is 2.62 bits per heavy atom. The molecule has 3 rings (SSSR count). The minimum absolute atomic E-state index is 0.146. The molecule has 8 nitrogen and oxygen atoms in total. The van der Waals surface area contributed by atoms with E-state index in [9.17, 15) is 4.79 Å². The number of rotatable bonds is 3. The molecule has 4 N–H and O–H groups in total. The van der Waals surface area contributed by atoms with Crippen molar-refractivity contribution in [2.75, 3.05) is 11.1 Å². The van der Waals surface area contributed by atoms with Crippen molar-refractivity contribution in [2.45, 2.75) is 64.1 Å². The molecule has 0 unspecified atom stereocenters. The molecule has 0 saturated heterocycles. The maximum Gasteiger partial charge on any atom is 0.407 e. The summed E-state index contributed by atoms with van der Waals surface area (Å²) in [5, 5.41) is 10.6. The molecule has 2 aromatic rings. The van der Waals surface area contributed by atoms with Crippen LogP contribution in [0.4, 0.5) is 16.4 Å². The van der Waals surface area contributed by atoms with Crippen LogP contribution in [0.3, 0.4) is 0 Å². The standard InChI is InChI=1S/C17H25BrN6O2/c1-17(2,3)26-16(25)22-11-6-4-10(5-7-11)21-14-8-13(19)24-15(23-14)12(18)9-20-24/h8-11H,4-7,19H2,1-3H3,(H,21,23)(H,22,25)/t10-,11+. The average molecular weight is 425 g/mol. The van der Waals surface area contributed by atoms with Crippen molar-refractivity contribution in [3.63, 3.8) is 0 Å². The highest BCUT2D eigenvalue weighted by Crippen LogP contribution is 2.25. The van der Waals surface area contributed by atoms with E-state index in [2.05, 4.69) is 36.6 Å². The maximum atomic E-state index is 11.9. The molecule has 0 spiro atoms. The van der Waals surface area contributed by atoms with Crippen LogP contribution in [-0.2, 0) is 4.74 Å². The van der Waals surface area contributed by atoms with Gasteiger partial charge in [-0.15, -0.1) is 0 Å². The minimum atomic E-state index is -0.477. The molecule has 0 atom stereocenters. The summed E-state index contributed by atoms with van der Waals surface area (Å²) in [7, 11) is 0. The van der Waals surface area contributed by atoms with Gasteiger partial charge in [0.05, 0.1) is 10.7 Å². The van der Waals surface area contributed by atoms with Gasteiger partial charge >= 0.3 is 6.09 Å². The zero-order valence-corrected chi connectivity index (χ0v) is 16.8. The van der Waals surface area contributed by atoms with Crippen LogP contribution >= 0.6 is 15.9 Å². The van der Waals surface area contributed by atoms with Crippen LogP contribution in [0.5, 0.6) is 0 Å². The fourth-order valence-corrected chi connectivity index (χ4v) is 3.45. The Morgan fingerprint density at radius 1 is 1.31 bits per heavy atom. The Balaban J connectivity index is 1.54. The van der Waals surface area contributed by atoms with Gasteiger partial charge in [0.15, 0.2) is 5.65 Å². The van der Waals surface area contributed by atoms with Gasteiger partial charge in [-0.1, -0.05) is 0 Å². The van der Waals surface area contributed by atoms with Crippen molar-refractivity contribution >= 4 is 39.3 Å². The Morgan fingerprint density at radius 2 is 1.96 bits per heavy atom. The van der Waals surface area contributed by atoms with E-state index in [-0.39, 0.29) is 12.1 Å². The molecule has 0 radical (unpaired) electrons. The second-order valence-corrected chi connectivity index (χ2v) is 8.49. The van der Waals surface area contributed by atoms with E-state index in [1.807, 2.05) is 20.8 Å². The SMILES string of the molecule is CC(C)(C)OC(=O)N[C@H]1CC[C@@H](Nc2cc(N)n3ncc(Br)c3n2)CC1. The lowest BCUT2D eigenvalue weighted by Crippen LogP contribution is -2.42. The first kappa shape index (κ1) is 18.8. The summed E-state index contributed by atoms with van der Waals surface area (Å²) in [6, 6.07) is 2.23. The van der Waals surface area contributed by atoms with Crippen LogP contribution in [0.1, 0.15) is 46.5 Å². The smallest absolute Gasteiger partial charge is 0.407 e. The number of amides is 1. The largest absolute Gasteiger partial charge is 0.444 e. The van der Waals surface area contributed by atoms with E-state index >= 15 is 0 Å². The third kappa shape index (κ3) is 4.57. The summed E-state index contributed by atoms with van der Waals surface area (Å²) >= 11 is 3.43. The maximum absolute atomic E-state index is 11.9. The molecular formula is C17H25BrN6O2. The number of fused-ring (bicyclic) bond motifs is 1. The van der Waals surface area contributed by atoms with Gasteiger partial charge in [-0.05, 0) is 62.4 Å². The number of nitrogens with one attached hydrogen (secondary N) is 2. The Bertz CT molecular complexity index is 792. The Hall–Kier alpha value is -2.03. The van der Waals surface area contributed by atoms with Gasteiger partial charge in [-0.3, -0.25) is 0 Å². The van der Waals surface area contributed by atoms with Gasteiger partial charge < -0.3 is 21.1 Å². The molecule has 1 fully saturated rings. The lowest BCUT2D eigenvalue weighted by Gasteiger charge is -2.30. The van der Waals surface area contributed by atoms with Crippen molar-refractivity contribution in [2.24, 2.45) is 0 Å². The number of alkyl carbamates (subject to hydrolysis) is 1. The molecule has 2 aromatic heterocycles. The first-order valence-corrected chi connectivity index (χ1v) is 9.56. The number of hydrogen-bond acceptors (Lipinski definition) is 6. The Labute approximate surface area is 161 Å². The molecule has 0 aliphatic heterocycles. The fourth-order valence-electron chi connectivity index (χ4n) is 3.10. The van der Waals surface area contributed by atoms with Crippen LogP contribution in [0, 0.1) is 0 Å². The fraction of sp³-hybridized carbons (Fsp3) is 0.588. The summed E-state index contributed by atoms with van der Waals surface area (Å²) in [6.07, 6.45) is 4.99. The number of hydrogen-bond donors (Lipinski definition) is 3. The molecule has 1 aliphatic rings. The molecule has 9 heteroatoms. The number of anilines is 2. The second-order valence-electron chi connectivity index (χ2n) is 7.63. The summed E-state index contributed by atoms with van der Waals surface area (Å²) in [4.78, 5) is 16.5. The van der Waals surface area contributed by atoms with Crippen LogP contribution in [0.15, 0.2) is 16.7 Å². The summed E-state index contributed by atoms with van der Waals surface area (Å²) in [6.45, 7) is 5.59. The first-order chi connectivity index (χ1) is 12.2. The molecule has 1 saturated carbocycles. The third-order valence-electron chi connectivity index (χ3n) is 4.26. The van der Waals surface area contributed by atoms with E-state index in [0.29, 0.717) is 17.5 Å². The van der Waals surface area contributed by atoms with E-state index in [0.717, 1.165) is 36.0 Å². The van der Waals surface area contributed by atoms with E-state index < -0.39 is 5.60 Å². The van der Waals surface area contributed by atoms with E-state index in [1.54, 1.807) is 16.8 Å². The molecule has 26 heavy (non-hydrogen) atoms. The highest BCUT2D eigenvalue weighted by atomic mass is 79.9. The monoisotopic (exact) mass is 424 g/mol. The van der Waals surface area contributed by atoms with Gasteiger partial charge in [0.1, 0.15) is 17.2 Å². The molecule has 0 aromatic carbocycles. The lowest BCUT2D eigenvalue weighted by molar-refractivity contribution is 0.0492. The molecule has 1 aliphatic carbocycles. The van der Waals surface area contributed by atoms with Crippen molar-refractivity contribution in [1.29, 1.82) is 0 Å². The molecule has 142 valence electrons. The van der Waals surface area contributed by atoms with Crippen molar-refractivity contribution in [3.05, 3.63) is 16.7 Å². The number of nitrogen functional groups attached to an aromatic ring is 1. The number of carbonyl (C=O) groups excluding carboxylic acids is 1. The van der Waals surface area contributed by atoms with Gasteiger partial charge in [0.2, 0.25) is 0 Å². The number of aromatic nitrogens is 3. The summed E-state index contributed by atoms with van der Waals surface area (Å²) in [5.41, 5.74) is 6.25. The van der Waals surface area contributed by atoms with E-state index in [1.165, 1.54) is 0 Å². The summed E-state index contributed by atoms with van der Waals surface area (Å²) < 4.78 is 7.72. The number of nitrogens with zero attached hydrogens (tertiary/aromatic N) is 3. The van der Waals surface area contributed by atoms with Crippen molar-refractivity contribution in [1.82, 2.24) is 19.9 Å². The molecule has 2 heterocycles. The second kappa shape index (κ2) is 7.30. The first-order valence-electron chi connectivity index (χ1n) is 8.77. The third-order valence-corrected chi connectivity index (χ3v) is 4.82. The number of halogens is 1. The topological polar surface area (TPSA) is 107 Å². The van der Waals surface area contributed by atoms with Gasteiger partial charge in [0.25, 0.3) is 0 Å². The van der Waals surface area contributed by atoms with Crippen molar-refractivity contribution < 1.29 is 9.53 Å². The van der Waals surface area contributed by atoms with Gasteiger partial charge in [0, 0.05) is 18.2 Å². The predicted molar refractivity (Wildman–Crippen MR) is 104 cm³/mol. The zero-order chi connectivity index (χ0) is 18.9. The average Bonchev–Trinajstić information content (AvgIpc) is 2.89. The molecule has 1 amide bonds. The molecule has 0 bridgehead atoms. The summed E-state index contributed by atoms with van der Waals surface area (Å²) in [5.74, 6) is 1.27. The molecular weight excluding hydrogens is 400 g/mol. The Kier molecular flexibility index (Phi) is 5.27. The van der Waals surface area contributed by atoms with Crippen LogP contribution in [0.25, 0.3) is 5.65 Å². The minimum Gasteiger partial charge on any atom is -0.444 e. The number of carbonyl (C=O) groups is 1. The lowest BCUT2D eigenvalue weighted by atomic mass is 9.91. The highest BCUT2D eigenvalue weighted by molar-refractivity contribution is 9.10. The zero-order valence-electron chi connectivity index (χ0n) is 15.3. The van der Waals surface area contributed by atoms with Crippen LogP contribution in [-0.4, -0.2) is 38.4 Å². The highest BCUT2D eigenvalue weighted by Gasteiger charge is 2.25. The quantitative estimate of drug-likeness (QED) is 0.697. The van der Waals surface area contributed by atoms with Crippen LogP contribution in [0.2, 0.25) is 0 Å². The van der Waals surface area contributed by atoms with Gasteiger partial charge in [-0.25, -0.2) is 9.78 Å². The van der Waals surface area contributed by atoms with Crippen molar-refractivity contribution in [3.8, 4) is 0 Å². The number of nitrogens with two attached hydrogens (primary N) is 1. The van der Waals surface area contributed by atoms with Gasteiger partial charge in [-0.2, -0.15) is 9.61 Å². The normalized spacial score (nSPS) is 20.8. The van der Waals surface area contributed by atoms with E-state index in [4.69, 9.17) is 10.5 Å². The van der Waals surface area contributed by atoms with Crippen LogP contribution < -0.4 is 16.4 Å². The number of ether oxygens (including phenoxy) is 1.